The number of rotatable bonds is 4. The van der Waals surface area contributed by atoms with Crippen molar-refractivity contribution in [1.29, 1.82) is 0 Å². The van der Waals surface area contributed by atoms with Crippen LogP contribution in [-0.4, -0.2) is 18.2 Å². The minimum Gasteiger partial charge on any atom is -0.508 e. The van der Waals surface area contributed by atoms with E-state index in [1.807, 2.05) is 32.2 Å². The molecule has 88 valence electrons. The number of aliphatic hydroxyl groups excluding tert-OH is 1. The molecule has 1 aromatic rings. The predicted molar refractivity (Wildman–Crippen MR) is 69.7 cm³/mol. The van der Waals surface area contributed by atoms with Gasteiger partial charge < -0.3 is 10.4 Å². The Morgan fingerprint density at radius 1 is 1.50 bits per heavy atom. The van der Waals surface area contributed by atoms with Crippen molar-refractivity contribution in [3.05, 3.63) is 41.0 Å². The zero-order valence-corrected chi connectivity index (χ0v) is 10.5. The Morgan fingerprint density at radius 3 is 2.75 bits per heavy atom. The second kappa shape index (κ2) is 5.71. The maximum absolute atomic E-state index is 10.0. The molecule has 0 heterocycles. The number of aliphatic hydroxyl groups is 1. The molecule has 0 radical (unpaired) electrons. The summed E-state index contributed by atoms with van der Waals surface area (Å²) in [6.07, 6.45) is 2.77. The average molecular weight is 219 g/mol. The van der Waals surface area contributed by atoms with E-state index in [1.54, 1.807) is 0 Å². The van der Waals surface area contributed by atoms with Crippen LogP contribution < -0.4 is 5.32 Å². The van der Waals surface area contributed by atoms with Gasteiger partial charge in [-0.25, -0.2) is 0 Å². The Bertz CT molecular complexity index is 382. The lowest BCUT2D eigenvalue weighted by Gasteiger charge is -2.10. The fraction of sp³-hybridized carbons (Fsp3) is 0.429. The summed E-state index contributed by atoms with van der Waals surface area (Å²) in [7, 11) is 1.88. The van der Waals surface area contributed by atoms with E-state index in [0.29, 0.717) is 5.76 Å². The molecule has 0 aromatic heterocycles. The standard InChI is InChI=1S/C14H21NO/c1-5-12-8-10(2)6-7-13(12)14(16)9-11(3)15-4/h6-9,11,15-16H,5H2,1-4H3/b14-9-. The summed E-state index contributed by atoms with van der Waals surface area (Å²) >= 11 is 0. The van der Waals surface area contributed by atoms with Crippen LogP contribution in [0.5, 0.6) is 0 Å². The number of nitrogens with one attached hydrogen (secondary N) is 1. The minimum absolute atomic E-state index is 0.172. The lowest BCUT2D eigenvalue weighted by atomic mass is 10.00. The fourth-order valence-corrected chi connectivity index (χ4v) is 1.67. The highest BCUT2D eigenvalue weighted by molar-refractivity contribution is 5.62. The Kier molecular flexibility index (Phi) is 4.56. The molecule has 16 heavy (non-hydrogen) atoms. The zero-order chi connectivity index (χ0) is 12.1. The van der Waals surface area contributed by atoms with Gasteiger partial charge in [0.2, 0.25) is 0 Å². The third kappa shape index (κ3) is 3.11. The predicted octanol–water partition coefficient (Wildman–Crippen LogP) is 3.06. The van der Waals surface area contributed by atoms with Crippen LogP contribution >= 0.6 is 0 Å². The van der Waals surface area contributed by atoms with Crippen molar-refractivity contribution in [2.45, 2.75) is 33.2 Å². The molecular formula is C14H21NO. The molecule has 2 heteroatoms. The van der Waals surface area contributed by atoms with Crippen molar-refractivity contribution < 1.29 is 5.11 Å². The number of benzene rings is 1. The third-order valence-electron chi connectivity index (χ3n) is 2.78. The fourth-order valence-electron chi connectivity index (χ4n) is 1.67. The van der Waals surface area contributed by atoms with Gasteiger partial charge >= 0.3 is 0 Å². The maximum Gasteiger partial charge on any atom is 0.120 e. The van der Waals surface area contributed by atoms with E-state index in [1.165, 1.54) is 11.1 Å². The van der Waals surface area contributed by atoms with Crippen LogP contribution in [0.15, 0.2) is 24.3 Å². The number of likely N-dealkylation sites (N-methyl/N-ethyl adjacent to an activating group) is 1. The van der Waals surface area contributed by atoms with Crippen molar-refractivity contribution >= 4 is 5.76 Å². The van der Waals surface area contributed by atoms with Crippen molar-refractivity contribution in [2.75, 3.05) is 7.05 Å². The first kappa shape index (κ1) is 12.8. The lowest BCUT2D eigenvalue weighted by Crippen LogP contribution is -2.18. The minimum atomic E-state index is 0.172. The van der Waals surface area contributed by atoms with E-state index in [4.69, 9.17) is 0 Å². The normalized spacial score (nSPS) is 13.9. The monoisotopic (exact) mass is 219 g/mol. The van der Waals surface area contributed by atoms with E-state index in [9.17, 15) is 5.11 Å². The largest absolute Gasteiger partial charge is 0.508 e. The van der Waals surface area contributed by atoms with Crippen LogP contribution in [0.4, 0.5) is 0 Å². The van der Waals surface area contributed by atoms with Crippen LogP contribution in [0.3, 0.4) is 0 Å². The Hall–Kier alpha value is -1.28. The molecule has 0 bridgehead atoms. The van der Waals surface area contributed by atoms with Gasteiger partial charge in [-0.05, 0) is 39.0 Å². The van der Waals surface area contributed by atoms with Gasteiger partial charge in [0.05, 0.1) is 0 Å². The van der Waals surface area contributed by atoms with E-state index in [-0.39, 0.29) is 6.04 Å². The molecule has 1 aromatic carbocycles. The molecule has 0 spiro atoms. The van der Waals surface area contributed by atoms with Crippen molar-refractivity contribution in [2.24, 2.45) is 0 Å². The summed E-state index contributed by atoms with van der Waals surface area (Å²) in [5.74, 6) is 0.360. The van der Waals surface area contributed by atoms with Gasteiger partial charge in [0.25, 0.3) is 0 Å². The first-order chi connectivity index (χ1) is 7.58. The van der Waals surface area contributed by atoms with Gasteiger partial charge in [0.1, 0.15) is 5.76 Å². The van der Waals surface area contributed by atoms with Gasteiger partial charge in [0.15, 0.2) is 0 Å². The topological polar surface area (TPSA) is 32.3 Å². The smallest absolute Gasteiger partial charge is 0.120 e. The Balaban J connectivity index is 3.07. The van der Waals surface area contributed by atoms with Gasteiger partial charge in [0, 0.05) is 11.6 Å². The summed E-state index contributed by atoms with van der Waals surface area (Å²) in [5, 5.41) is 13.1. The number of hydrogen-bond acceptors (Lipinski definition) is 2. The molecule has 0 aliphatic rings. The first-order valence-corrected chi connectivity index (χ1v) is 5.76. The van der Waals surface area contributed by atoms with Crippen LogP contribution in [0.1, 0.15) is 30.5 Å². The highest BCUT2D eigenvalue weighted by Crippen LogP contribution is 2.19. The highest BCUT2D eigenvalue weighted by Gasteiger charge is 2.06. The van der Waals surface area contributed by atoms with E-state index in [2.05, 4.69) is 25.2 Å². The zero-order valence-electron chi connectivity index (χ0n) is 10.5. The van der Waals surface area contributed by atoms with E-state index >= 15 is 0 Å². The van der Waals surface area contributed by atoms with Crippen LogP contribution in [0.2, 0.25) is 0 Å². The molecule has 2 nitrogen and oxygen atoms in total. The molecule has 0 amide bonds. The van der Waals surface area contributed by atoms with Crippen molar-refractivity contribution in [1.82, 2.24) is 5.32 Å². The van der Waals surface area contributed by atoms with Gasteiger partial charge in [-0.3, -0.25) is 0 Å². The van der Waals surface area contributed by atoms with Crippen LogP contribution in [-0.2, 0) is 6.42 Å². The van der Waals surface area contributed by atoms with E-state index < -0.39 is 0 Å². The second-order valence-corrected chi connectivity index (χ2v) is 4.14. The molecule has 1 atom stereocenters. The van der Waals surface area contributed by atoms with Crippen LogP contribution in [0, 0.1) is 6.92 Å². The second-order valence-electron chi connectivity index (χ2n) is 4.14. The molecule has 0 saturated carbocycles. The highest BCUT2D eigenvalue weighted by atomic mass is 16.3. The number of aryl methyl sites for hydroxylation is 2. The molecule has 0 aliphatic carbocycles. The summed E-state index contributed by atoms with van der Waals surface area (Å²) in [5.41, 5.74) is 3.36. The molecule has 0 fully saturated rings. The van der Waals surface area contributed by atoms with Gasteiger partial charge in [-0.1, -0.05) is 30.7 Å². The maximum atomic E-state index is 10.0. The summed E-state index contributed by atoms with van der Waals surface area (Å²) < 4.78 is 0. The van der Waals surface area contributed by atoms with Gasteiger partial charge in [-0.15, -0.1) is 0 Å². The molecule has 1 unspecified atom stereocenters. The summed E-state index contributed by atoms with van der Waals surface area (Å²) in [4.78, 5) is 0. The molecule has 2 N–H and O–H groups in total. The molecule has 0 saturated heterocycles. The van der Waals surface area contributed by atoms with Gasteiger partial charge in [-0.2, -0.15) is 0 Å². The van der Waals surface area contributed by atoms with Crippen LogP contribution in [0.25, 0.3) is 5.76 Å². The average Bonchev–Trinajstić information content (AvgIpc) is 2.28. The SMILES string of the molecule is CCc1cc(C)ccc1/C(O)=C/C(C)NC. The first-order valence-electron chi connectivity index (χ1n) is 5.76. The van der Waals surface area contributed by atoms with E-state index in [0.717, 1.165) is 12.0 Å². The van der Waals surface area contributed by atoms with Crippen molar-refractivity contribution in [3.8, 4) is 0 Å². The quantitative estimate of drug-likeness (QED) is 0.763. The Labute approximate surface area is 98.0 Å². The molecular weight excluding hydrogens is 198 g/mol. The lowest BCUT2D eigenvalue weighted by molar-refractivity contribution is 0.504. The number of hydrogen-bond donors (Lipinski definition) is 2. The van der Waals surface area contributed by atoms with Crippen molar-refractivity contribution in [3.63, 3.8) is 0 Å². The summed E-state index contributed by atoms with van der Waals surface area (Å²) in [6, 6.07) is 6.32. The molecule has 1 rings (SSSR count). The molecule has 0 aliphatic heterocycles. The summed E-state index contributed by atoms with van der Waals surface area (Å²) in [6.45, 7) is 6.18. The Morgan fingerprint density at radius 2 is 2.19 bits per heavy atom. The third-order valence-corrected chi connectivity index (χ3v) is 2.78.